The van der Waals surface area contributed by atoms with Crippen molar-refractivity contribution in [3.8, 4) is 16.9 Å². The van der Waals surface area contributed by atoms with E-state index in [1.54, 1.807) is 12.1 Å². The average molecular weight is 490 g/mol. The second-order valence-electron chi connectivity index (χ2n) is 7.17. The van der Waals surface area contributed by atoms with Gasteiger partial charge in [-0.05, 0) is 36.8 Å². The summed E-state index contributed by atoms with van der Waals surface area (Å²) in [5, 5.41) is 4.66. The fourth-order valence-electron chi connectivity index (χ4n) is 3.63. The molecule has 33 heavy (non-hydrogen) atoms. The van der Waals surface area contributed by atoms with Crippen LogP contribution in [-0.4, -0.2) is 60.8 Å². The van der Waals surface area contributed by atoms with Crippen LogP contribution >= 0.6 is 23.2 Å². The summed E-state index contributed by atoms with van der Waals surface area (Å²) >= 11 is 11.9. The number of anilines is 1. The van der Waals surface area contributed by atoms with Gasteiger partial charge >= 0.3 is 11.9 Å². The molecule has 2 aromatic carbocycles. The predicted octanol–water partition coefficient (Wildman–Crippen LogP) is 4.70. The molecule has 0 unspecified atom stereocenters. The second-order valence-corrected chi connectivity index (χ2v) is 7.92. The van der Waals surface area contributed by atoms with Gasteiger partial charge in [-0.2, -0.15) is 5.10 Å². The molecule has 0 fully saturated rings. The monoisotopic (exact) mass is 489 g/mol. The standard InChI is InChI=1S/C24H25Cl2N3O4/c1-16-15-18(28(13-11-25)14-12-26)9-10-19(16)21-20(23(30)32-2)22(24(31)33-3)29(27-21)17-7-5-4-6-8-17/h4-10,15H,11-14H2,1-3H3. The Bertz CT molecular complexity index is 1130. The number of rotatable bonds is 9. The van der Waals surface area contributed by atoms with Gasteiger partial charge in [0.15, 0.2) is 5.69 Å². The Hall–Kier alpha value is -3.03. The third-order valence-corrected chi connectivity index (χ3v) is 5.53. The van der Waals surface area contributed by atoms with Crippen molar-refractivity contribution in [2.75, 3.05) is 44.0 Å². The van der Waals surface area contributed by atoms with Gasteiger partial charge in [0.05, 0.1) is 19.9 Å². The van der Waals surface area contributed by atoms with Crippen LogP contribution in [0.5, 0.6) is 0 Å². The number of carbonyl (C=O) groups excluding carboxylic acids is 2. The number of methoxy groups -OCH3 is 2. The Morgan fingerprint density at radius 3 is 2.15 bits per heavy atom. The molecule has 9 heteroatoms. The number of nitrogens with zero attached hydrogens (tertiary/aromatic N) is 3. The number of aryl methyl sites for hydroxylation is 1. The van der Waals surface area contributed by atoms with Gasteiger partial charge in [-0.1, -0.05) is 24.3 Å². The molecule has 0 radical (unpaired) electrons. The third-order valence-electron chi connectivity index (χ3n) is 5.19. The van der Waals surface area contributed by atoms with Crippen LogP contribution < -0.4 is 4.90 Å². The van der Waals surface area contributed by atoms with Gasteiger partial charge in [0, 0.05) is 36.1 Å². The lowest BCUT2D eigenvalue weighted by molar-refractivity contribution is 0.0549. The number of halogens is 2. The first-order valence-corrected chi connectivity index (χ1v) is 11.4. The van der Waals surface area contributed by atoms with E-state index in [2.05, 4.69) is 10.00 Å². The van der Waals surface area contributed by atoms with Crippen LogP contribution in [0.4, 0.5) is 5.69 Å². The molecule has 1 heterocycles. The van der Waals surface area contributed by atoms with Crippen LogP contribution in [0.1, 0.15) is 26.4 Å². The molecule has 0 spiro atoms. The Labute approximate surface area is 202 Å². The first-order chi connectivity index (χ1) is 16.0. The van der Waals surface area contributed by atoms with E-state index in [4.69, 9.17) is 32.7 Å². The first-order valence-electron chi connectivity index (χ1n) is 10.3. The highest BCUT2D eigenvalue weighted by molar-refractivity contribution is 6.18. The summed E-state index contributed by atoms with van der Waals surface area (Å²) in [4.78, 5) is 27.7. The van der Waals surface area contributed by atoms with Gasteiger partial charge in [-0.25, -0.2) is 14.3 Å². The SMILES string of the molecule is COC(=O)c1c(-c2ccc(N(CCCl)CCCl)cc2C)nn(-c2ccccc2)c1C(=O)OC. The summed E-state index contributed by atoms with van der Waals surface area (Å²) in [6.07, 6.45) is 0. The van der Waals surface area contributed by atoms with Crippen LogP contribution in [-0.2, 0) is 9.47 Å². The highest BCUT2D eigenvalue weighted by Gasteiger charge is 2.31. The summed E-state index contributed by atoms with van der Waals surface area (Å²) in [6, 6.07) is 14.8. The zero-order valence-electron chi connectivity index (χ0n) is 18.7. The minimum Gasteiger partial charge on any atom is -0.465 e. The molecule has 0 atom stereocenters. The fraction of sp³-hybridized carbons (Fsp3) is 0.292. The number of hydrogen-bond donors (Lipinski definition) is 0. The number of hydrogen-bond acceptors (Lipinski definition) is 6. The van der Waals surface area contributed by atoms with E-state index in [0.29, 0.717) is 41.8 Å². The highest BCUT2D eigenvalue weighted by Crippen LogP contribution is 2.33. The lowest BCUT2D eigenvalue weighted by atomic mass is 10.00. The Balaban J connectivity index is 2.23. The third kappa shape index (κ3) is 5.15. The van der Waals surface area contributed by atoms with Crippen LogP contribution in [0.15, 0.2) is 48.5 Å². The summed E-state index contributed by atoms with van der Waals surface area (Å²) < 4.78 is 11.4. The van der Waals surface area contributed by atoms with Crippen molar-refractivity contribution < 1.29 is 19.1 Å². The summed E-state index contributed by atoms with van der Waals surface area (Å²) in [5.74, 6) is -0.438. The highest BCUT2D eigenvalue weighted by atomic mass is 35.5. The van der Waals surface area contributed by atoms with Crippen molar-refractivity contribution in [1.82, 2.24) is 9.78 Å². The number of carbonyl (C=O) groups is 2. The van der Waals surface area contributed by atoms with Gasteiger partial charge in [-0.3, -0.25) is 0 Å². The minimum atomic E-state index is -0.692. The van der Waals surface area contributed by atoms with E-state index in [1.807, 2.05) is 43.3 Å². The number of ether oxygens (including phenoxy) is 2. The molecule has 0 amide bonds. The fourth-order valence-corrected chi connectivity index (χ4v) is 4.04. The number of aromatic nitrogens is 2. The topological polar surface area (TPSA) is 73.7 Å². The number of para-hydroxylation sites is 1. The summed E-state index contributed by atoms with van der Waals surface area (Å²) in [7, 11) is 2.52. The van der Waals surface area contributed by atoms with Crippen molar-refractivity contribution in [1.29, 1.82) is 0 Å². The molecule has 0 aliphatic carbocycles. The van der Waals surface area contributed by atoms with Crippen LogP contribution in [0.25, 0.3) is 16.9 Å². The maximum Gasteiger partial charge on any atom is 0.357 e. The van der Waals surface area contributed by atoms with E-state index in [-0.39, 0.29) is 11.3 Å². The molecule has 0 N–H and O–H groups in total. The molecule has 3 aromatic rings. The van der Waals surface area contributed by atoms with Crippen molar-refractivity contribution in [3.05, 3.63) is 65.4 Å². The molecule has 0 aliphatic heterocycles. The number of benzene rings is 2. The smallest absolute Gasteiger partial charge is 0.357 e. The molecule has 0 saturated heterocycles. The minimum absolute atomic E-state index is 0.0000620. The second kappa shape index (κ2) is 11.2. The van der Waals surface area contributed by atoms with Crippen LogP contribution in [0.2, 0.25) is 0 Å². The quantitative estimate of drug-likeness (QED) is 0.320. The summed E-state index contributed by atoms with van der Waals surface area (Å²) in [5.41, 5.74) is 3.49. The van der Waals surface area contributed by atoms with Gasteiger partial charge in [-0.15, -0.1) is 23.2 Å². The van der Waals surface area contributed by atoms with Crippen molar-refractivity contribution >= 4 is 40.8 Å². The van der Waals surface area contributed by atoms with Crippen LogP contribution in [0.3, 0.4) is 0 Å². The van der Waals surface area contributed by atoms with Gasteiger partial charge in [0.1, 0.15) is 11.3 Å². The maximum absolute atomic E-state index is 12.8. The number of esters is 2. The molecule has 0 saturated carbocycles. The van der Waals surface area contributed by atoms with E-state index in [9.17, 15) is 9.59 Å². The molecule has 0 bridgehead atoms. The van der Waals surface area contributed by atoms with E-state index >= 15 is 0 Å². The van der Waals surface area contributed by atoms with Crippen molar-refractivity contribution in [2.45, 2.75) is 6.92 Å². The van der Waals surface area contributed by atoms with Crippen molar-refractivity contribution in [3.63, 3.8) is 0 Å². The normalized spacial score (nSPS) is 10.7. The molecular weight excluding hydrogens is 465 g/mol. The Morgan fingerprint density at radius 2 is 1.61 bits per heavy atom. The van der Waals surface area contributed by atoms with Gasteiger partial charge < -0.3 is 14.4 Å². The zero-order chi connectivity index (χ0) is 24.0. The number of alkyl halides is 2. The van der Waals surface area contributed by atoms with E-state index in [0.717, 1.165) is 11.3 Å². The zero-order valence-corrected chi connectivity index (χ0v) is 20.2. The Morgan fingerprint density at radius 1 is 0.970 bits per heavy atom. The molecular formula is C24H25Cl2N3O4. The lowest BCUT2D eigenvalue weighted by Gasteiger charge is -2.23. The lowest BCUT2D eigenvalue weighted by Crippen LogP contribution is -2.27. The molecule has 1 aromatic heterocycles. The first kappa shape index (κ1) is 24.6. The molecule has 3 rings (SSSR count). The summed E-state index contributed by atoms with van der Waals surface area (Å²) in [6.45, 7) is 3.21. The Kier molecular flexibility index (Phi) is 8.36. The van der Waals surface area contributed by atoms with E-state index in [1.165, 1.54) is 18.9 Å². The van der Waals surface area contributed by atoms with Gasteiger partial charge in [0.25, 0.3) is 0 Å². The van der Waals surface area contributed by atoms with E-state index < -0.39 is 11.9 Å². The molecule has 174 valence electrons. The predicted molar refractivity (Wildman–Crippen MR) is 130 cm³/mol. The largest absolute Gasteiger partial charge is 0.465 e. The van der Waals surface area contributed by atoms with Crippen LogP contribution in [0, 0.1) is 6.92 Å². The van der Waals surface area contributed by atoms with Crippen molar-refractivity contribution in [2.24, 2.45) is 0 Å². The molecule has 0 aliphatic rings. The maximum atomic E-state index is 12.8. The average Bonchev–Trinajstić information content (AvgIpc) is 3.23. The van der Waals surface area contributed by atoms with Gasteiger partial charge in [0.2, 0.25) is 0 Å². The molecule has 7 nitrogen and oxygen atoms in total.